The quantitative estimate of drug-likeness (QED) is 0.855. The minimum absolute atomic E-state index is 0.247. The summed E-state index contributed by atoms with van der Waals surface area (Å²) in [7, 11) is 3.51. The Kier molecular flexibility index (Phi) is 4.35. The molecule has 0 fully saturated rings. The first-order chi connectivity index (χ1) is 9.22. The van der Waals surface area contributed by atoms with Crippen LogP contribution in [-0.4, -0.2) is 24.3 Å². The zero-order chi connectivity index (χ0) is 13.7. The molecule has 19 heavy (non-hydrogen) atoms. The standard InChI is InChI=1S/C13H17N3O3/c1-9-15-13(16-19-9)8-18-12-6-10(7-14-2)4-5-11(12)17-3/h4-6,14H,7-8H2,1-3H3. The molecule has 0 saturated heterocycles. The van der Waals surface area contributed by atoms with Crippen molar-refractivity contribution < 1.29 is 14.0 Å². The molecule has 0 aliphatic heterocycles. The molecule has 2 aromatic rings. The molecule has 6 nitrogen and oxygen atoms in total. The van der Waals surface area contributed by atoms with Gasteiger partial charge >= 0.3 is 0 Å². The molecule has 1 aromatic heterocycles. The van der Waals surface area contributed by atoms with Crippen LogP contribution in [0.5, 0.6) is 11.5 Å². The van der Waals surface area contributed by atoms with Crippen LogP contribution in [0.15, 0.2) is 22.7 Å². The first-order valence-corrected chi connectivity index (χ1v) is 5.96. The predicted molar refractivity (Wildman–Crippen MR) is 69.1 cm³/mol. The second-order valence-electron chi connectivity index (χ2n) is 4.03. The maximum absolute atomic E-state index is 5.68. The van der Waals surface area contributed by atoms with Crippen molar-refractivity contribution in [3.63, 3.8) is 0 Å². The molecular weight excluding hydrogens is 246 g/mol. The first-order valence-electron chi connectivity index (χ1n) is 5.96. The van der Waals surface area contributed by atoms with Gasteiger partial charge in [-0.3, -0.25) is 0 Å². The zero-order valence-electron chi connectivity index (χ0n) is 11.3. The third kappa shape index (κ3) is 3.45. The van der Waals surface area contributed by atoms with E-state index in [9.17, 15) is 0 Å². The van der Waals surface area contributed by atoms with Gasteiger partial charge in [0.15, 0.2) is 18.1 Å². The summed E-state index contributed by atoms with van der Waals surface area (Å²) in [6.45, 7) is 2.75. The number of aryl methyl sites for hydroxylation is 1. The van der Waals surface area contributed by atoms with Crippen molar-refractivity contribution in [2.45, 2.75) is 20.1 Å². The zero-order valence-corrected chi connectivity index (χ0v) is 11.3. The molecule has 0 aliphatic rings. The summed E-state index contributed by atoms with van der Waals surface area (Å²) in [5.41, 5.74) is 1.11. The van der Waals surface area contributed by atoms with Crippen molar-refractivity contribution in [2.24, 2.45) is 0 Å². The summed E-state index contributed by atoms with van der Waals surface area (Å²) in [5.74, 6) is 2.38. The van der Waals surface area contributed by atoms with Crippen LogP contribution >= 0.6 is 0 Å². The van der Waals surface area contributed by atoms with E-state index < -0.39 is 0 Å². The van der Waals surface area contributed by atoms with Gasteiger partial charge in [0.25, 0.3) is 0 Å². The van der Waals surface area contributed by atoms with Crippen molar-refractivity contribution in [1.29, 1.82) is 0 Å². The Morgan fingerprint density at radius 1 is 1.32 bits per heavy atom. The molecule has 0 aliphatic carbocycles. The SMILES string of the molecule is CNCc1ccc(OC)c(OCc2noc(C)n2)c1. The van der Waals surface area contributed by atoms with Crippen molar-refractivity contribution in [3.05, 3.63) is 35.5 Å². The topological polar surface area (TPSA) is 69.4 Å². The highest BCUT2D eigenvalue weighted by Gasteiger charge is 2.08. The number of ether oxygens (including phenoxy) is 2. The number of methoxy groups -OCH3 is 1. The number of hydrogen-bond donors (Lipinski definition) is 1. The molecule has 2 rings (SSSR count). The van der Waals surface area contributed by atoms with Crippen molar-refractivity contribution in [3.8, 4) is 11.5 Å². The summed E-state index contributed by atoms with van der Waals surface area (Å²) in [5, 5.41) is 6.87. The molecule has 1 N–H and O–H groups in total. The summed E-state index contributed by atoms with van der Waals surface area (Å²) in [4.78, 5) is 4.08. The molecular formula is C13H17N3O3. The Morgan fingerprint density at radius 3 is 2.79 bits per heavy atom. The highest BCUT2D eigenvalue weighted by Crippen LogP contribution is 2.28. The second-order valence-corrected chi connectivity index (χ2v) is 4.03. The number of nitrogens with one attached hydrogen (secondary N) is 1. The van der Waals surface area contributed by atoms with Gasteiger partial charge in [-0.25, -0.2) is 0 Å². The summed E-state index contributed by atoms with van der Waals surface area (Å²) >= 11 is 0. The number of benzene rings is 1. The van der Waals surface area contributed by atoms with Gasteiger partial charge < -0.3 is 19.3 Å². The Morgan fingerprint density at radius 2 is 2.16 bits per heavy atom. The lowest BCUT2D eigenvalue weighted by Crippen LogP contribution is -2.06. The fraction of sp³-hybridized carbons (Fsp3) is 0.385. The van der Waals surface area contributed by atoms with Crippen LogP contribution in [0.3, 0.4) is 0 Å². The maximum Gasteiger partial charge on any atom is 0.223 e. The molecule has 1 aromatic carbocycles. The Labute approximate surface area is 111 Å². The van der Waals surface area contributed by atoms with E-state index in [2.05, 4.69) is 15.5 Å². The summed E-state index contributed by atoms with van der Waals surface area (Å²) < 4.78 is 15.8. The summed E-state index contributed by atoms with van der Waals surface area (Å²) in [6, 6.07) is 5.80. The first kappa shape index (κ1) is 13.4. The van der Waals surface area contributed by atoms with Crippen LogP contribution in [0.2, 0.25) is 0 Å². The van der Waals surface area contributed by atoms with E-state index in [1.807, 2.05) is 25.2 Å². The van der Waals surface area contributed by atoms with Gasteiger partial charge in [-0.1, -0.05) is 11.2 Å². The number of nitrogens with zero attached hydrogens (tertiary/aromatic N) is 2. The van der Waals surface area contributed by atoms with Gasteiger partial charge in [0.1, 0.15) is 0 Å². The third-order valence-electron chi connectivity index (χ3n) is 2.54. The van der Waals surface area contributed by atoms with E-state index in [1.165, 1.54) is 0 Å². The highest BCUT2D eigenvalue weighted by atomic mass is 16.5. The molecule has 0 amide bonds. The van der Waals surface area contributed by atoms with Gasteiger partial charge in [0.2, 0.25) is 11.7 Å². The normalized spacial score (nSPS) is 10.5. The minimum atomic E-state index is 0.247. The van der Waals surface area contributed by atoms with Crippen molar-refractivity contribution in [1.82, 2.24) is 15.5 Å². The van der Waals surface area contributed by atoms with Gasteiger partial charge in [0, 0.05) is 13.5 Å². The molecule has 0 bridgehead atoms. The smallest absolute Gasteiger partial charge is 0.223 e. The highest BCUT2D eigenvalue weighted by molar-refractivity contribution is 5.42. The molecule has 0 spiro atoms. The largest absolute Gasteiger partial charge is 0.493 e. The third-order valence-corrected chi connectivity index (χ3v) is 2.54. The van der Waals surface area contributed by atoms with Crippen molar-refractivity contribution in [2.75, 3.05) is 14.2 Å². The lowest BCUT2D eigenvalue weighted by Gasteiger charge is -2.11. The molecule has 0 atom stereocenters. The molecule has 0 radical (unpaired) electrons. The monoisotopic (exact) mass is 263 g/mol. The van der Waals surface area contributed by atoms with E-state index in [4.69, 9.17) is 14.0 Å². The van der Waals surface area contributed by atoms with E-state index >= 15 is 0 Å². The van der Waals surface area contributed by atoms with Gasteiger partial charge in [0.05, 0.1) is 7.11 Å². The van der Waals surface area contributed by atoms with Crippen LogP contribution in [0, 0.1) is 6.92 Å². The van der Waals surface area contributed by atoms with Crippen LogP contribution in [0.4, 0.5) is 0 Å². The molecule has 0 saturated carbocycles. The van der Waals surface area contributed by atoms with E-state index in [0.29, 0.717) is 23.2 Å². The minimum Gasteiger partial charge on any atom is -0.493 e. The van der Waals surface area contributed by atoms with E-state index in [-0.39, 0.29) is 6.61 Å². The average molecular weight is 263 g/mol. The maximum atomic E-state index is 5.68. The fourth-order valence-corrected chi connectivity index (χ4v) is 1.69. The molecule has 102 valence electrons. The Balaban J connectivity index is 2.10. The predicted octanol–water partition coefficient (Wildman–Crippen LogP) is 1.69. The van der Waals surface area contributed by atoms with Gasteiger partial charge in [-0.2, -0.15) is 4.98 Å². The van der Waals surface area contributed by atoms with E-state index in [0.717, 1.165) is 12.1 Å². The lowest BCUT2D eigenvalue weighted by atomic mass is 10.2. The lowest BCUT2D eigenvalue weighted by molar-refractivity contribution is 0.269. The van der Waals surface area contributed by atoms with E-state index in [1.54, 1.807) is 14.0 Å². The van der Waals surface area contributed by atoms with Crippen LogP contribution < -0.4 is 14.8 Å². The average Bonchev–Trinajstić information content (AvgIpc) is 2.83. The number of aromatic nitrogens is 2. The number of hydrogen-bond acceptors (Lipinski definition) is 6. The Bertz CT molecular complexity index is 540. The van der Waals surface area contributed by atoms with Crippen LogP contribution in [-0.2, 0) is 13.2 Å². The molecule has 6 heteroatoms. The molecule has 0 unspecified atom stereocenters. The molecule has 1 heterocycles. The number of rotatable bonds is 6. The van der Waals surface area contributed by atoms with Gasteiger partial charge in [-0.05, 0) is 24.7 Å². The fourth-order valence-electron chi connectivity index (χ4n) is 1.69. The summed E-state index contributed by atoms with van der Waals surface area (Å²) in [6.07, 6.45) is 0. The van der Waals surface area contributed by atoms with Crippen LogP contribution in [0.25, 0.3) is 0 Å². The Hall–Kier alpha value is -2.08. The van der Waals surface area contributed by atoms with Gasteiger partial charge in [-0.15, -0.1) is 0 Å². The second kappa shape index (κ2) is 6.19. The van der Waals surface area contributed by atoms with Crippen LogP contribution in [0.1, 0.15) is 17.3 Å². The van der Waals surface area contributed by atoms with Crippen molar-refractivity contribution >= 4 is 0 Å².